The first-order valence-electron chi connectivity index (χ1n) is 5.19. The first-order chi connectivity index (χ1) is 9.11. The fourth-order valence-corrected chi connectivity index (χ4v) is 1.91. The van der Waals surface area contributed by atoms with Gasteiger partial charge in [0, 0.05) is 4.90 Å². The minimum atomic E-state index is -0.615. The molecule has 0 aliphatic carbocycles. The lowest BCUT2D eigenvalue weighted by atomic mass is 10.3. The number of nitro groups is 1. The van der Waals surface area contributed by atoms with Gasteiger partial charge in [0.25, 0.3) is 0 Å². The van der Waals surface area contributed by atoms with Gasteiger partial charge in [-0.05, 0) is 18.4 Å². The lowest BCUT2D eigenvalue weighted by Gasteiger charge is -2.08. The maximum atomic E-state index is 10.9. The summed E-state index contributed by atoms with van der Waals surface area (Å²) in [4.78, 5) is 18.4. The number of nitrogens with zero attached hydrogens (tertiary/aromatic N) is 3. The molecule has 19 heavy (non-hydrogen) atoms. The molecular formula is C11H10N4O3S. The highest BCUT2D eigenvalue weighted by Gasteiger charge is 2.19. The number of rotatable bonds is 4. The number of hydrogen-bond acceptors (Lipinski definition) is 7. The summed E-state index contributed by atoms with van der Waals surface area (Å²) in [6, 6.07) is 7.16. The lowest BCUT2D eigenvalue weighted by molar-refractivity contribution is -0.386. The van der Waals surface area contributed by atoms with Gasteiger partial charge in [0.1, 0.15) is 11.9 Å². The zero-order chi connectivity index (χ0) is 13.8. The third-order valence-corrected chi connectivity index (χ3v) is 3.00. The Hall–Kier alpha value is -2.35. The summed E-state index contributed by atoms with van der Waals surface area (Å²) in [5.41, 5.74) is 5.09. The molecule has 0 unspecified atom stereocenters. The third-order valence-electron chi connectivity index (χ3n) is 2.23. The smallest absolute Gasteiger partial charge is 0.349 e. The van der Waals surface area contributed by atoms with Crippen LogP contribution in [0.2, 0.25) is 0 Å². The summed E-state index contributed by atoms with van der Waals surface area (Å²) < 4.78 is 5.48. The molecule has 0 saturated carbocycles. The summed E-state index contributed by atoms with van der Waals surface area (Å²) in [5.74, 6) is 0.234. The number of anilines is 1. The van der Waals surface area contributed by atoms with Crippen LogP contribution in [0.15, 0.2) is 35.4 Å². The first-order valence-corrected chi connectivity index (χ1v) is 6.42. The predicted octanol–water partition coefficient (Wildman–Crippen LogP) is 2.48. The second-order valence-electron chi connectivity index (χ2n) is 3.43. The fraction of sp³-hybridized carbons (Fsp3) is 0.0909. The van der Waals surface area contributed by atoms with Crippen LogP contribution in [0, 0.1) is 10.1 Å². The molecule has 2 rings (SSSR count). The van der Waals surface area contributed by atoms with E-state index in [0.29, 0.717) is 5.75 Å². The summed E-state index contributed by atoms with van der Waals surface area (Å²) >= 11 is 1.46. The van der Waals surface area contributed by atoms with E-state index >= 15 is 0 Å². The van der Waals surface area contributed by atoms with Crippen LogP contribution < -0.4 is 10.5 Å². The molecule has 1 aromatic heterocycles. The van der Waals surface area contributed by atoms with Gasteiger partial charge in [-0.1, -0.05) is 12.1 Å². The normalized spacial score (nSPS) is 10.2. The van der Waals surface area contributed by atoms with E-state index in [1.54, 1.807) is 12.1 Å². The van der Waals surface area contributed by atoms with Crippen molar-refractivity contribution < 1.29 is 9.66 Å². The van der Waals surface area contributed by atoms with Crippen LogP contribution in [0.3, 0.4) is 0 Å². The predicted molar refractivity (Wildman–Crippen MR) is 71.4 cm³/mol. The van der Waals surface area contributed by atoms with E-state index in [2.05, 4.69) is 9.97 Å². The summed E-state index contributed by atoms with van der Waals surface area (Å²) in [7, 11) is 0. The molecule has 0 atom stereocenters. The van der Waals surface area contributed by atoms with Crippen LogP contribution in [-0.4, -0.2) is 21.1 Å². The van der Waals surface area contributed by atoms with E-state index in [0.717, 1.165) is 11.1 Å². The highest BCUT2D eigenvalue weighted by molar-refractivity contribution is 7.98. The maximum absolute atomic E-state index is 10.9. The highest BCUT2D eigenvalue weighted by atomic mass is 32.2. The summed E-state index contributed by atoms with van der Waals surface area (Å²) in [6.07, 6.45) is 2.91. The minimum Gasteiger partial charge on any atom is -0.432 e. The highest BCUT2D eigenvalue weighted by Crippen LogP contribution is 2.34. The molecule has 1 heterocycles. The first kappa shape index (κ1) is 13.1. The molecule has 0 fully saturated rings. The minimum absolute atomic E-state index is 0.0813. The van der Waals surface area contributed by atoms with Crippen LogP contribution in [0.4, 0.5) is 11.6 Å². The number of aromatic nitrogens is 2. The number of para-hydroxylation sites is 1. The monoisotopic (exact) mass is 278 g/mol. The van der Waals surface area contributed by atoms with E-state index in [4.69, 9.17) is 10.5 Å². The largest absolute Gasteiger partial charge is 0.432 e. The quantitative estimate of drug-likeness (QED) is 0.520. The van der Waals surface area contributed by atoms with Crippen molar-refractivity contribution in [2.24, 2.45) is 0 Å². The number of thioether (sulfide) groups is 1. The molecule has 8 heteroatoms. The second-order valence-corrected chi connectivity index (χ2v) is 4.28. The fourth-order valence-electron chi connectivity index (χ4n) is 1.38. The van der Waals surface area contributed by atoms with Gasteiger partial charge in [-0.15, -0.1) is 11.8 Å². The molecule has 0 aliphatic heterocycles. The van der Waals surface area contributed by atoms with E-state index in [1.165, 1.54) is 11.8 Å². The van der Waals surface area contributed by atoms with Crippen molar-refractivity contribution in [3.05, 3.63) is 40.6 Å². The summed E-state index contributed by atoms with van der Waals surface area (Å²) in [5, 5.41) is 10.9. The summed E-state index contributed by atoms with van der Waals surface area (Å²) in [6.45, 7) is 0. The van der Waals surface area contributed by atoms with Gasteiger partial charge in [-0.3, -0.25) is 10.1 Å². The van der Waals surface area contributed by atoms with Crippen molar-refractivity contribution in [1.29, 1.82) is 0 Å². The molecule has 0 bridgehead atoms. The molecule has 0 aliphatic rings. The molecule has 0 amide bonds. The topological polar surface area (TPSA) is 104 Å². The molecule has 1 aromatic carbocycles. The molecule has 0 radical (unpaired) electrons. The van der Waals surface area contributed by atoms with Crippen LogP contribution in [0.1, 0.15) is 0 Å². The van der Waals surface area contributed by atoms with E-state index in [1.807, 2.05) is 18.4 Å². The lowest BCUT2D eigenvalue weighted by Crippen LogP contribution is -2.01. The molecular weight excluding hydrogens is 268 g/mol. The number of nitrogens with two attached hydrogens (primary N) is 1. The van der Waals surface area contributed by atoms with Gasteiger partial charge in [0.05, 0.1) is 4.92 Å². The van der Waals surface area contributed by atoms with Gasteiger partial charge in [-0.2, -0.15) is 4.98 Å². The van der Waals surface area contributed by atoms with Crippen molar-refractivity contribution in [2.75, 3.05) is 12.0 Å². The molecule has 98 valence electrons. The van der Waals surface area contributed by atoms with Crippen molar-refractivity contribution in [3.8, 4) is 11.6 Å². The third kappa shape index (κ3) is 2.91. The number of hydrogen-bond donors (Lipinski definition) is 1. The molecule has 0 spiro atoms. The molecule has 2 aromatic rings. The molecule has 0 saturated heterocycles. The second kappa shape index (κ2) is 5.53. The van der Waals surface area contributed by atoms with Crippen molar-refractivity contribution in [3.63, 3.8) is 0 Å². The van der Waals surface area contributed by atoms with E-state index in [-0.39, 0.29) is 17.5 Å². The molecule has 7 nitrogen and oxygen atoms in total. The van der Waals surface area contributed by atoms with Gasteiger partial charge in [0.2, 0.25) is 5.95 Å². The number of nitrogen functional groups attached to an aromatic ring is 1. The van der Waals surface area contributed by atoms with Gasteiger partial charge in [-0.25, -0.2) is 4.98 Å². The van der Waals surface area contributed by atoms with Crippen LogP contribution >= 0.6 is 11.8 Å². The Kier molecular flexibility index (Phi) is 3.81. The Labute approximate surface area is 113 Å². The standard InChI is InChI=1S/C11H10N4O3S/c1-19-9-5-3-2-4-8(9)18-10-7(15(16)17)6-13-11(12)14-10/h2-6H,1H3,(H2,12,13,14). The molecule has 2 N–H and O–H groups in total. The van der Waals surface area contributed by atoms with E-state index in [9.17, 15) is 10.1 Å². The van der Waals surface area contributed by atoms with Crippen LogP contribution in [-0.2, 0) is 0 Å². The Morgan fingerprint density at radius 1 is 1.42 bits per heavy atom. The number of benzene rings is 1. The van der Waals surface area contributed by atoms with Crippen LogP contribution in [0.5, 0.6) is 11.6 Å². The SMILES string of the molecule is CSc1ccccc1Oc1nc(N)ncc1[N+](=O)[O-]. The average molecular weight is 278 g/mol. The van der Waals surface area contributed by atoms with Gasteiger partial charge in [0.15, 0.2) is 0 Å². The van der Waals surface area contributed by atoms with Crippen molar-refractivity contribution >= 4 is 23.4 Å². The Morgan fingerprint density at radius 2 is 2.16 bits per heavy atom. The zero-order valence-corrected chi connectivity index (χ0v) is 10.8. The maximum Gasteiger partial charge on any atom is 0.349 e. The number of ether oxygens (including phenoxy) is 1. The van der Waals surface area contributed by atoms with Crippen molar-refractivity contribution in [1.82, 2.24) is 9.97 Å². The van der Waals surface area contributed by atoms with Gasteiger partial charge >= 0.3 is 11.6 Å². The van der Waals surface area contributed by atoms with Gasteiger partial charge < -0.3 is 10.5 Å². The van der Waals surface area contributed by atoms with Crippen LogP contribution in [0.25, 0.3) is 0 Å². The Morgan fingerprint density at radius 3 is 2.84 bits per heavy atom. The Bertz CT molecular complexity index is 621. The van der Waals surface area contributed by atoms with Crippen molar-refractivity contribution in [2.45, 2.75) is 4.90 Å². The van der Waals surface area contributed by atoms with E-state index < -0.39 is 4.92 Å². The Balaban J connectivity index is 2.42. The average Bonchev–Trinajstić information content (AvgIpc) is 2.39. The zero-order valence-electron chi connectivity index (χ0n) is 9.94.